The maximum Gasteiger partial charge on any atom is 0.408 e. The third kappa shape index (κ3) is 14.5. The minimum Gasteiger partial charge on any atom is -0.480 e. The van der Waals surface area contributed by atoms with Gasteiger partial charge in [0.05, 0.1) is 11.6 Å². The molecule has 11 nitrogen and oxygen atoms in total. The Bertz CT molecular complexity index is 1740. The summed E-state index contributed by atoms with van der Waals surface area (Å²) in [6.45, 7) is 4.06. The van der Waals surface area contributed by atoms with Crippen LogP contribution in [0.5, 0.6) is 5.75 Å². The summed E-state index contributed by atoms with van der Waals surface area (Å²) >= 11 is 0. The van der Waals surface area contributed by atoms with E-state index in [4.69, 9.17) is 19.9 Å². The predicted octanol–water partition coefficient (Wildman–Crippen LogP) is 6.92. The minimum atomic E-state index is -2.01. The smallest absolute Gasteiger partial charge is 0.408 e. The molecule has 0 unspecified atom stereocenters. The van der Waals surface area contributed by atoms with Gasteiger partial charge in [-0.2, -0.15) is 8.78 Å². The number of halogens is 4. The Morgan fingerprint density at radius 2 is 1.36 bits per heavy atom. The first-order valence-corrected chi connectivity index (χ1v) is 17.9. The lowest BCUT2D eigenvalue weighted by Gasteiger charge is -2.22. The molecule has 3 rings (SSSR count). The predicted molar refractivity (Wildman–Crippen MR) is 194 cm³/mol. The molecule has 2 amide bonds. The van der Waals surface area contributed by atoms with Crippen molar-refractivity contribution in [2.75, 3.05) is 19.7 Å². The lowest BCUT2D eigenvalue weighted by Crippen LogP contribution is -2.44. The molecule has 0 saturated heterocycles. The maximum absolute atomic E-state index is 15.0. The normalized spacial score (nSPS) is 12.3. The molecule has 15 heteroatoms. The lowest BCUT2D eigenvalue weighted by molar-refractivity contribution is -0.130. The number of hydrogen-bond donors (Lipinski definition) is 3. The van der Waals surface area contributed by atoms with Gasteiger partial charge in [0.1, 0.15) is 18.8 Å². The monoisotopic (exact) mass is 773 g/mol. The summed E-state index contributed by atoms with van der Waals surface area (Å²) in [6.07, 6.45) is -1.83. The first-order valence-electron chi connectivity index (χ1n) is 17.9. The first kappa shape index (κ1) is 44.1. The fourth-order valence-electron chi connectivity index (χ4n) is 5.42. The van der Waals surface area contributed by atoms with Crippen molar-refractivity contribution in [2.45, 2.75) is 84.0 Å². The summed E-state index contributed by atoms with van der Waals surface area (Å²) in [7, 11) is 0. The SMILES string of the molecule is CC(C)(C)OC(=O)NCCCC[C@H](CC(=O)[C@H](Cc1ccccc1)NC(=O)OCc1ccccc1)C(=O)COc1c(F)c(F)c(C(=O)CCCN)c(F)c1F. The van der Waals surface area contributed by atoms with Crippen LogP contribution in [-0.4, -0.2) is 60.9 Å². The van der Waals surface area contributed by atoms with Gasteiger partial charge in [-0.1, -0.05) is 67.1 Å². The van der Waals surface area contributed by atoms with Gasteiger partial charge in [0.2, 0.25) is 11.6 Å². The lowest BCUT2D eigenvalue weighted by atomic mass is 9.88. The molecule has 0 aromatic heterocycles. The van der Waals surface area contributed by atoms with Crippen molar-refractivity contribution in [1.82, 2.24) is 10.6 Å². The van der Waals surface area contributed by atoms with Crippen molar-refractivity contribution < 1.29 is 55.7 Å². The zero-order valence-electron chi connectivity index (χ0n) is 31.1. The van der Waals surface area contributed by atoms with E-state index in [-0.39, 0.29) is 45.4 Å². The van der Waals surface area contributed by atoms with Gasteiger partial charge in [0, 0.05) is 25.3 Å². The molecule has 0 bridgehead atoms. The number of amides is 2. The Morgan fingerprint density at radius 1 is 0.764 bits per heavy atom. The molecule has 0 spiro atoms. The number of hydrogen-bond acceptors (Lipinski definition) is 9. The third-order valence-corrected chi connectivity index (χ3v) is 8.20. The fraction of sp³-hybridized carbons (Fsp3) is 0.425. The topological polar surface area (TPSA) is 163 Å². The highest BCUT2D eigenvalue weighted by Crippen LogP contribution is 2.31. The highest BCUT2D eigenvalue weighted by atomic mass is 19.2. The third-order valence-electron chi connectivity index (χ3n) is 8.20. The number of nitrogens with one attached hydrogen (secondary N) is 2. The number of carbonyl (C=O) groups is 5. The summed E-state index contributed by atoms with van der Waals surface area (Å²) < 4.78 is 75.1. The molecular weight excluding hydrogens is 726 g/mol. The highest BCUT2D eigenvalue weighted by molar-refractivity contribution is 5.97. The molecule has 4 N–H and O–H groups in total. The van der Waals surface area contributed by atoms with Gasteiger partial charge in [-0.25, -0.2) is 18.4 Å². The van der Waals surface area contributed by atoms with Gasteiger partial charge in [0.25, 0.3) is 0 Å². The molecule has 0 saturated carbocycles. The number of ketones is 3. The number of benzene rings is 3. The average molecular weight is 774 g/mol. The summed E-state index contributed by atoms with van der Waals surface area (Å²) in [4.78, 5) is 64.5. The molecule has 0 aliphatic carbocycles. The van der Waals surface area contributed by atoms with E-state index in [9.17, 15) is 41.5 Å². The zero-order chi connectivity index (χ0) is 40.5. The zero-order valence-corrected chi connectivity index (χ0v) is 31.1. The summed E-state index contributed by atoms with van der Waals surface area (Å²) in [5, 5.41) is 5.15. The van der Waals surface area contributed by atoms with Crippen LogP contribution in [0.1, 0.15) is 80.8 Å². The van der Waals surface area contributed by atoms with Crippen LogP contribution in [0.3, 0.4) is 0 Å². The Labute approximate surface area is 317 Å². The molecule has 55 heavy (non-hydrogen) atoms. The van der Waals surface area contributed by atoms with Crippen LogP contribution in [0.25, 0.3) is 0 Å². The molecule has 2 atom stereocenters. The number of nitrogens with two attached hydrogens (primary N) is 1. The Balaban J connectivity index is 1.80. The van der Waals surface area contributed by atoms with E-state index in [1.807, 2.05) is 0 Å². The van der Waals surface area contributed by atoms with Gasteiger partial charge < -0.3 is 30.6 Å². The number of carbonyl (C=O) groups excluding carboxylic acids is 5. The molecule has 0 heterocycles. The van der Waals surface area contributed by atoms with Crippen molar-refractivity contribution >= 4 is 29.5 Å². The summed E-state index contributed by atoms with van der Waals surface area (Å²) in [6, 6.07) is 16.4. The Kier molecular flexibility index (Phi) is 17.3. The minimum absolute atomic E-state index is 0.00538. The number of unbranched alkanes of at least 4 members (excludes halogenated alkanes) is 1. The van der Waals surface area contributed by atoms with Gasteiger partial charge in [-0.15, -0.1) is 0 Å². The van der Waals surface area contributed by atoms with E-state index >= 15 is 0 Å². The second-order valence-electron chi connectivity index (χ2n) is 13.8. The van der Waals surface area contributed by atoms with Crippen molar-refractivity contribution in [2.24, 2.45) is 11.7 Å². The summed E-state index contributed by atoms with van der Waals surface area (Å²) in [5.41, 5.74) is 4.54. The van der Waals surface area contributed by atoms with Gasteiger partial charge in [0.15, 0.2) is 34.7 Å². The van der Waals surface area contributed by atoms with E-state index in [0.29, 0.717) is 17.5 Å². The van der Waals surface area contributed by atoms with Gasteiger partial charge in [-0.3, -0.25) is 14.4 Å². The maximum atomic E-state index is 15.0. The average Bonchev–Trinajstić information content (AvgIpc) is 3.14. The molecule has 298 valence electrons. The Hall–Kier alpha value is -5.31. The first-order chi connectivity index (χ1) is 26.1. The number of rotatable bonds is 21. The van der Waals surface area contributed by atoms with Crippen LogP contribution < -0.4 is 21.1 Å². The summed E-state index contributed by atoms with van der Waals surface area (Å²) in [5.74, 6) is -13.3. The van der Waals surface area contributed by atoms with Crippen molar-refractivity contribution in [3.05, 3.63) is 101 Å². The molecule has 3 aromatic rings. The molecule has 0 fully saturated rings. The molecule has 3 aromatic carbocycles. The van der Waals surface area contributed by atoms with Crippen LogP contribution in [0.2, 0.25) is 0 Å². The second-order valence-corrected chi connectivity index (χ2v) is 13.8. The highest BCUT2D eigenvalue weighted by Gasteiger charge is 2.32. The van der Waals surface area contributed by atoms with E-state index < -0.39 is 101 Å². The van der Waals surface area contributed by atoms with E-state index in [1.165, 1.54) is 0 Å². The number of alkyl carbamates (subject to hydrolysis) is 2. The number of Topliss-reactive ketones (excluding diaryl/α,β-unsaturated/α-hetero) is 3. The standard InChI is InChI=1S/C40H47F4N3O8/c1-40(2,3)55-38(51)46-20-11-10-17-27(31(50)24-53-37-35(43)33(41)32(34(42)36(37)44)29(48)18-12-19-45)22-30(49)28(21-25-13-6-4-7-14-25)47-39(52)54-23-26-15-8-5-9-16-26/h4-9,13-16,27-28H,10-12,17-24,45H2,1-3H3,(H,46,51)(H,47,52)/t27-,28+/m1/s1. The molecule has 0 aliphatic rings. The van der Waals surface area contributed by atoms with Crippen LogP contribution in [-0.2, 0) is 32.1 Å². The molecular formula is C40H47F4N3O8. The quantitative estimate of drug-likeness (QED) is 0.0452. The molecule has 0 radical (unpaired) electrons. The largest absolute Gasteiger partial charge is 0.480 e. The fourth-order valence-corrected chi connectivity index (χ4v) is 5.42. The van der Waals surface area contributed by atoms with Crippen LogP contribution >= 0.6 is 0 Å². The second kappa shape index (κ2) is 21.5. The van der Waals surface area contributed by atoms with E-state index in [1.54, 1.807) is 81.4 Å². The number of ether oxygens (including phenoxy) is 3. The van der Waals surface area contributed by atoms with Gasteiger partial charge >= 0.3 is 12.2 Å². The van der Waals surface area contributed by atoms with Crippen LogP contribution in [0.15, 0.2) is 60.7 Å². The van der Waals surface area contributed by atoms with Crippen molar-refractivity contribution in [1.29, 1.82) is 0 Å². The van der Waals surface area contributed by atoms with E-state index in [2.05, 4.69) is 10.6 Å². The molecule has 0 aliphatic heterocycles. The van der Waals surface area contributed by atoms with Gasteiger partial charge in [-0.05, 0) is 64.1 Å². The van der Waals surface area contributed by atoms with E-state index in [0.717, 1.165) is 0 Å². The van der Waals surface area contributed by atoms with Crippen LogP contribution in [0.4, 0.5) is 27.2 Å². The van der Waals surface area contributed by atoms with Crippen LogP contribution in [0, 0.1) is 29.2 Å². The van der Waals surface area contributed by atoms with Crippen molar-refractivity contribution in [3.63, 3.8) is 0 Å². The Morgan fingerprint density at radius 3 is 1.95 bits per heavy atom. The van der Waals surface area contributed by atoms with Crippen molar-refractivity contribution in [3.8, 4) is 5.75 Å².